The van der Waals surface area contributed by atoms with Crippen molar-refractivity contribution < 1.29 is 9.47 Å². The van der Waals surface area contributed by atoms with E-state index in [9.17, 15) is 0 Å². The summed E-state index contributed by atoms with van der Waals surface area (Å²) in [4.78, 5) is 8.62. The lowest BCUT2D eigenvalue weighted by atomic mass is 10.0. The number of halogens is 1. The third-order valence-corrected chi connectivity index (χ3v) is 4.68. The van der Waals surface area contributed by atoms with Crippen LogP contribution in [0.25, 0.3) is 5.82 Å². The van der Waals surface area contributed by atoms with Crippen LogP contribution in [0.1, 0.15) is 24.8 Å². The van der Waals surface area contributed by atoms with Crippen LogP contribution >= 0.6 is 24.0 Å². The van der Waals surface area contributed by atoms with Gasteiger partial charge in [0.2, 0.25) is 0 Å². The fourth-order valence-corrected chi connectivity index (χ4v) is 3.05. The first kappa shape index (κ1) is 23.6. The number of ether oxygens (including phenoxy) is 2. The first-order valence-corrected chi connectivity index (χ1v) is 9.90. The molecule has 0 unspecified atom stereocenters. The third-order valence-electron chi connectivity index (χ3n) is 4.68. The van der Waals surface area contributed by atoms with E-state index in [2.05, 4.69) is 25.7 Å². The van der Waals surface area contributed by atoms with E-state index in [0.29, 0.717) is 12.5 Å². The van der Waals surface area contributed by atoms with Crippen LogP contribution in [0.3, 0.4) is 0 Å². The topological polar surface area (TPSA) is 85.6 Å². The molecule has 9 heteroatoms. The number of pyridine rings is 1. The van der Waals surface area contributed by atoms with Crippen molar-refractivity contribution in [3.05, 3.63) is 42.4 Å². The zero-order chi connectivity index (χ0) is 19.4. The predicted molar refractivity (Wildman–Crippen MR) is 124 cm³/mol. The second kappa shape index (κ2) is 13.5. The van der Waals surface area contributed by atoms with Crippen LogP contribution in [-0.4, -0.2) is 60.7 Å². The van der Waals surface area contributed by atoms with Crippen LogP contribution in [0.4, 0.5) is 0 Å². The second-order valence-electron chi connectivity index (χ2n) is 6.81. The van der Waals surface area contributed by atoms with Crippen molar-refractivity contribution in [1.29, 1.82) is 0 Å². The predicted octanol–water partition coefficient (Wildman–Crippen LogP) is 2.38. The van der Waals surface area contributed by atoms with Crippen molar-refractivity contribution in [2.24, 2.45) is 10.9 Å². The Morgan fingerprint density at radius 1 is 1.31 bits per heavy atom. The largest absolute Gasteiger partial charge is 0.381 e. The highest BCUT2D eigenvalue weighted by Crippen LogP contribution is 2.14. The first-order chi connectivity index (χ1) is 13.8. The molecule has 0 radical (unpaired) electrons. The normalized spacial score (nSPS) is 15.0. The maximum Gasteiger partial charge on any atom is 0.191 e. The minimum absolute atomic E-state index is 0. The van der Waals surface area contributed by atoms with E-state index in [1.807, 2.05) is 24.4 Å². The summed E-state index contributed by atoms with van der Waals surface area (Å²) in [7, 11) is 1.78. The zero-order valence-electron chi connectivity index (χ0n) is 16.9. The van der Waals surface area contributed by atoms with Crippen molar-refractivity contribution in [2.75, 3.05) is 40.0 Å². The molecule has 1 aliphatic rings. The van der Waals surface area contributed by atoms with Gasteiger partial charge in [0.05, 0.1) is 0 Å². The van der Waals surface area contributed by atoms with E-state index in [1.54, 1.807) is 24.1 Å². The molecule has 1 aliphatic heterocycles. The highest BCUT2D eigenvalue weighted by molar-refractivity contribution is 14.0. The number of aliphatic imine (C=N–C) groups is 1. The molecule has 8 nitrogen and oxygen atoms in total. The molecule has 0 aliphatic carbocycles. The van der Waals surface area contributed by atoms with Crippen LogP contribution in [0.5, 0.6) is 0 Å². The smallest absolute Gasteiger partial charge is 0.191 e. The minimum atomic E-state index is 0. The van der Waals surface area contributed by atoms with Gasteiger partial charge in [-0.2, -0.15) is 5.10 Å². The molecule has 2 aromatic heterocycles. The highest BCUT2D eigenvalue weighted by Gasteiger charge is 2.13. The average molecular weight is 514 g/mol. The summed E-state index contributed by atoms with van der Waals surface area (Å²) in [5.41, 5.74) is 1.11. The van der Waals surface area contributed by atoms with Crippen molar-refractivity contribution in [3.8, 4) is 5.82 Å². The lowest BCUT2D eigenvalue weighted by Gasteiger charge is -2.21. The lowest BCUT2D eigenvalue weighted by Crippen LogP contribution is -2.37. The Bertz CT molecular complexity index is 720. The number of hydrogen-bond acceptors (Lipinski definition) is 5. The van der Waals surface area contributed by atoms with Crippen molar-refractivity contribution in [1.82, 2.24) is 25.4 Å². The van der Waals surface area contributed by atoms with Gasteiger partial charge in [0, 0.05) is 65.2 Å². The molecule has 0 aromatic carbocycles. The van der Waals surface area contributed by atoms with Gasteiger partial charge in [0.1, 0.15) is 0 Å². The molecular weight excluding hydrogens is 483 g/mol. The quantitative estimate of drug-likeness (QED) is 0.232. The van der Waals surface area contributed by atoms with E-state index in [-0.39, 0.29) is 24.0 Å². The molecule has 0 bridgehead atoms. The Labute approximate surface area is 189 Å². The third kappa shape index (κ3) is 8.27. The van der Waals surface area contributed by atoms with E-state index in [4.69, 9.17) is 9.47 Å². The standard InChI is InChI=1S/C20H30N6O2.HI/c1-21-20(23-7-3-11-28-16-17-5-12-27-13-6-17)24-15-18-4-9-22-19(14-18)26-10-2-8-25-26;/h2,4,8-10,14,17H,3,5-7,11-13,15-16H2,1H3,(H2,21,23,24);1H. The molecule has 0 amide bonds. The molecule has 3 heterocycles. The second-order valence-corrected chi connectivity index (χ2v) is 6.81. The summed E-state index contributed by atoms with van der Waals surface area (Å²) in [6.45, 7) is 4.84. The van der Waals surface area contributed by atoms with Crippen LogP contribution in [-0.2, 0) is 16.0 Å². The molecular formula is C20H31IN6O2. The van der Waals surface area contributed by atoms with Crippen molar-refractivity contribution in [2.45, 2.75) is 25.8 Å². The summed E-state index contributed by atoms with van der Waals surface area (Å²) in [5, 5.41) is 10.9. The van der Waals surface area contributed by atoms with Crippen LogP contribution in [0.15, 0.2) is 41.8 Å². The van der Waals surface area contributed by atoms with Gasteiger partial charge in [-0.25, -0.2) is 9.67 Å². The average Bonchev–Trinajstić information content (AvgIpc) is 3.29. The Hall–Kier alpha value is -1.72. The Morgan fingerprint density at radius 3 is 2.93 bits per heavy atom. The van der Waals surface area contributed by atoms with Gasteiger partial charge >= 0.3 is 0 Å². The van der Waals surface area contributed by atoms with Crippen LogP contribution in [0.2, 0.25) is 0 Å². The number of hydrogen-bond donors (Lipinski definition) is 2. The zero-order valence-corrected chi connectivity index (χ0v) is 19.2. The fraction of sp³-hybridized carbons (Fsp3) is 0.550. The molecule has 2 aromatic rings. The molecule has 1 fully saturated rings. The van der Waals surface area contributed by atoms with E-state index < -0.39 is 0 Å². The monoisotopic (exact) mass is 514 g/mol. The van der Waals surface area contributed by atoms with Gasteiger partial charge in [-0.3, -0.25) is 4.99 Å². The van der Waals surface area contributed by atoms with Gasteiger partial charge in [0.25, 0.3) is 0 Å². The molecule has 3 rings (SSSR count). The molecule has 2 N–H and O–H groups in total. The Morgan fingerprint density at radius 2 is 2.17 bits per heavy atom. The van der Waals surface area contributed by atoms with Gasteiger partial charge in [0.15, 0.2) is 11.8 Å². The maximum absolute atomic E-state index is 5.80. The van der Waals surface area contributed by atoms with Crippen LogP contribution in [0, 0.1) is 5.92 Å². The minimum Gasteiger partial charge on any atom is -0.381 e. The van der Waals surface area contributed by atoms with Crippen molar-refractivity contribution >= 4 is 29.9 Å². The SMILES string of the molecule is CN=C(NCCCOCC1CCOCC1)NCc1ccnc(-n2cccn2)c1.I. The van der Waals surface area contributed by atoms with Crippen LogP contribution < -0.4 is 10.6 Å². The van der Waals surface area contributed by atoms with E-state index in [0.717, 1.165) is 69.6 Å². The summed E-state index contributed by atoms with van der Waals surface area (Å²) in [6, 6.07) is 5.88. The van der Waals surface area contributed by atoms with Gasteiger partial charge in [-0.05, 0) is 48.9 Å². The molecule has 1 saturated heterocycles. The summed E-state index contributed by atoms with van der Waals surface area (Å²) in [5.74, 6) is 2.24. The van der Waals surface area contributed by atoms with E-state index >= 15 is 0 Å². The summed E-state index contributed by atoms with van der Waals surface area (Å²) < 4.78 is 12.9. The Kier molecular flexibility index (Phi) is 11.0. The number of aromatic nitrogens is 3. The molecule has 29 heavy (non-hydrogen) atoms. The van der Waals surface area contributed by atoms with Gasteiger partial charge < -0.3 is 20.1 Å². The summed E-state index contributed by atoms with van der Waals surface area (Å²) in [6.07, 6.45) is 8.59. The number of nitrogens with zero attached hydrogens (tertiary/aromatic N) is 4. The van der Waals surface area contributed by atoms with Gasteiger partial charge in [-0.1, -0.05) is 0 Å². The Balaban J connectivity index is 0.00000300. The molecule has 160 valence electrons. The number of guanidine groups is 1. The van der Waals surface area contributed by atoms with E-state index in [1.165, 1.54) is 0 Å². The number of nitrogens with one attached hydrogen (secondary N) is 2. The summed E-state index contributed by atoms with van der Waals surface area (Å²) >= 11 is 0. The van der Waals surface area contributed by atoms with Crippen molar-refractivity contribution in [3.63, 3.8) is 0 Å². The highest BCUT2D eigenvalue weighted by atomic mass is 127. The molecule has 0 saturated carbocycles. The fourth-order valence-electron chi connectivity index (χ4n) is 3.05. The van der Waals surface area contributed by atoms with Gasteiger partial charge in [-0.15, -0.1) is 24.0 Å². The molecule has 0 spiro atoms. The number of rotatable bonds is 9. The maximum atomic E-state index is 5.80. The molecule has 0 atom stereocenters. The lowest BCUT2D eigenvalue weighted by molar-refractivity contribution is 0.0203. The first-order valence-electron chi connectivity index (χ1n) is 9.90.